The van der Waals surface area contributed by atoms with Gasteiger partial charge in [0.05, 0.1) is 19.3 Å². The number of hydrogen-bond donors (Lipinski definition) is 3. The number of nitrogens with one attached hydrogen (secondary N) is 1. The number of methoxy groups -OCH3 is 1. The molecule has 22 heavy (non-hydrogen) atoms. The van der Waals surface area contributed by atoms with Crippen LogP contribution >= 0.6 is 11.6 Å². The second kappa shape index (κ2) is 5.79. The molecule has 118 valence electrons. The van der Waals surface area contributed by atoms with Gasteiger partial charge in [0.1, 0.15) is 6.10 Å². The molecule has 3 N–H and O–H groups in total. The molecule has 0 bridgehead atoms. The van der Waals surface area contributed by atoms with Gasteiger partial charge < -0.3 is 24.7 Å². The van der Waals surface area contributed by atoms with Crippen LogP contribution in [0.4, 0.5) is 0 Å². The van der Waals surface area contributed by atoms with Crippen LogP contribution in [0, 0.1) is 0 Å². The first-order chi connectivity index (χ1) is 10.5. The summed E-state index contributed by atoms with van der Waals surface area (Å²) in [7, 11) is 1.49. The van der Waals surface area contributed by atoms with E-state index in [-0.39, 0.29) is 5.76 Å². The van der Waals surface area contributed by atoms with E-state index in [2.05, 4.69) is 5.32 Å². The molecule has 3 atom stereocenters. The lowest BCUT2D eigenvalue weighted by atomic mass is 10.2. The number of amides is 1. The van der Waals surface area contributed by atoms with E-state index in [4.69, 9.17) is 20.8 Å². The minimum absolute atomic E-state index is 0.101. The number of aliphatic hydroxyl groups excluding tert-OH is 2. The molecule has 7 heteroatoms. The summed E-state index contributed by atoms with van der Waals surface area (Å²) in [5.41, 5.74) is 0.434. The number of rotatable bonds is 3. The van der Waals surface area contributed by atoms with Crippen molar-refractivity contribution in [1.82, 2.24) is 5.32 Å². The van der Waals surface area contributed by atoms with Crippen molar-refractivity contribution < 1.29 is 24.2 Å². The highest BCUT2D eigenvalue weighted by Gasteiger charge is 2.34. The highest BCUT2D eigenvalue weighted by Crippen LogP contribution is 2.32. The van der Waals surface area contributed by atoms with E-state index in [0.717, 1.165) is 0 Å². The quantitative estimate of drug-likeness (QED) is 0.799. The van der Waals surface area contributed by atoms with Gasteiger partial charge in [-0.1, -0.05) is 11.6 Å². The van der Waals surface area contributed by atoms with Crippen molar-refractivity contribution in [3.05, 3.63) is 29.0 Å². The first kappa shape index (κ1) is 15.1. The summed E-state index contributed by atoms with van der Waals surface area (Å²) in [5, 5.41) is 23.1. The predicted octanol–water partition coefficient (Wildman–Crippen LogP) is 1.71. The molecule has 1 aliphatic rings. The maximum atomic E-state index is 12.2. The maximum Gasteiger partial charge on any atom is 0.287 e. The molecule has 0 aliphatic heterocycles. The number of carbonyl (C=O) groups is 1. The lowest BCUT2D eigenvalue weighted by molar-refractivity contribution is 0.0294. The number of benzene rings is 1. The van der Waals surface area contributed by atoms with Crippen molar-refractivity contribution in [3.8, 4) is 5.75 Å². The van der Waals surface area contributed by atoms with E-state index in [0.29, 0.717) is 34.6 Å². The lowest BCUT2D eigenvalue weighted by Crippen LogP contribution is -2.42. The molecule has 6 nitrogen and oxygen atoms in total. The third-order valence-electron chi connectivity index (χ3n) is 3.89. The van der Waals surface area contributed by atoms with Crippen LogP contribution in [0.2, 0.25) is 5.02 Å². The summed E-state index contributed by atoms with van der Waals surface area (Å²) in [6.07, 6.45) is -0.795. The highest BCUT2D eigenvalue weighted by atomic mass is 35.5. The standard InChI is InChI=1S/C15H16ClNO5/c1-21-11-6-8(16)4-7-5-12(22-14(7)11)15(20)17-9-2-3-10(18)13(9)19/h4-6,9-10,13,18-19H,2-3H2,1H3,(H,17,20)/t9-,10-,13-/m1/s1. The van der Waals surface area contributed by atoms with Crippen molar-refractivity contribution in [2.75, 3.05) is 7.11 Å². The Hall–Kier alpha value is -1.76. The molecule has 1 aliphatic carbocycles. The number of halogens is 1. The number of fused-ring (bicyclic) bond motifs is 1. The van der Waals surface area contributed by atoms with Crippen LogP contribution in [0.15, 0.2) is 22.6 Å². The van der Waals surface area contributed by atoms with Crippen molar-refractivity contribution in [2.45, 2.75) is 31.1 Å². The normalized spacial score (nSPS) is 24.6. The maximum absolute atomic E-state index is 12.2. The second-order valence-corrected chi connectivity index (χ2v) is 5.79. The van der Waals surface area contributed by atoms with Gasteiger partial charge in [-0.2, -0.15) is 0 Å². The number of ether oxygens (including phenoxy) is 1. The summed E-state index contributed by atoms with van der Waals surface area (Å²) in [6, 6.07) is 4.36. The van der Waals surface area contributed by atoms with Crippen LogP contribution in [-0.4, -0.2) is 41.5 Å². The largest absolute Gasteiger partial charge is 0.493 e. The number of hydrogen-bond acceptors (Lipinski definition) is 5. The smallest absolute Gasteiger partial charge is 0.287 e. The van der Waals surface area contributed by atoms with E-state index in [1.165, 1.54) is 7.11 Å². The Bertz CT molecular complexity index is 713. The Morgan fingerprint density at radius 3 is 2.77 bits per heavy atom. The van der Waals surface area contributed by atoms with E-state index in [9.17, 15) is 15.0 Å². The van der Waals surface area contributed by atoms with Gasteiger partial charge in [-0.15, -0.1) is 0 Å². The zero-order chi connectivity index (χ0) is 15.9. The minimum Gasteiger partial charge on any atom is -0.493 e. The minimum atomic E-state index is -0.961. The topological polar surface area (TPSA) is 91.9 Å². The fourth-order valence-corrected chi connectivity index (χ4v) is 2.92. The lowest BCUT2D eigenvalue weighted by Gasteiger charge is -2.17. The monoisotopic (exact) mass is 325 g/mol. The number of furan rings is 1. The van der Waals surface area contributed by atoms with Gasteiger partial charge in [-0.25, -0.2) is 0 Å². The first-order valence-electron chi connectivity index (χ1n) is 6.93. The van der Waals surface area contributed by atoms with E-state index < -0.39 is 24.2 Å². The molecule has 0 spiro atoms. The average molecular weight is 326 g/mol. The molecule has 3 rings (SSSR count). The molecule has 1 fully saturated rings. The fourth-order valence-electron chi connectivity index (χ4n) is 2.71. The van der Waals surface area contributed by atoms with Gasteiger partial charge in [0, 0.05) is 16.5 Å². The molecule has 1 saturated carbocycles. The van der Waals surface area contributed by atoms with Crippen LogP contribution in [0.5, 0.6) is 5.75 Å². The van der Waals surface area contributed by atoms with Crippen LogP contribution in [0.25, 0.3) is 11.0 Å². The summed E-state index contributed by atoms with van der Waals surface area (Å²) in [4.78, 5) is 12.2. The molecule has 2 aromatic rings. The molecule has 1 amide bonds. The van der Waals surface area contributed by atoms with Crippen molar-refractivity contribution >= 4 is 28.5 Å². The Labute approximate surface area is 131 Å². The molecule has 1 aromatic carbocycles. The van der Waals surface area contributed by atoms with Gasteiger partial charge >= 0.3 is 0 Å². The Morgan fingerprint density at radius 1 is 1.36 bits per heavy atom. The van der Waals surface area contributed by atoms with E-state index in [1.807, 2.05) is 0 Å². The van der Waals surface area contributed by atoms with Gasteiger partial charge in [-0.3, -0.25) is 4.79 Å². The molecule has 0 unspecified atom stereocenters. The first-order valence-corrected chi connectivity index (χ1v) is 7.31. The fraction of sp³-hybridized carbons (Fsp3) is 0.400. The van der Waals surface area contributed by atoms with Gasteiger partial charge in [0.15, 0.2) is 17.1 Å². The van der Waals surface area contributed by atoms with Crippen LogP contribution in [-0.2, 0) is 0 Å². The van der Waals surface area contributed by atoms with Crippen molar-refractivity contribution in [3.63, 3.8) is 0 Å². The van der Waals surface area contributed by atoms with Gasteiger partial charge in [0.25, 0.3) is 5.91 Å². The third kappa shape index (κ3) is 2.65. The SMILES string of the molecule is COc1cc(Cl)cc2cc(C(=O)N[C@@H]3CC[C@@H](O)[C@@H]3O)oc12. The van der Waals surface area contributed by atoms with Crippen molar-refractivity contribution in [1.29, 1.82) is 0 Å². The van der Waals surface area contributed by atoms with Gasteiger partial charge in [-0.05, 0) is 25.0 Å². The molecule has 1 heterocycles. The summed E-state index contributed by atoms with van der Waals surface area (Å²) >= 11 is 5.98. The molecule has 0 radical (unpaired) electrons. The van der Waals surface area contributed by atoms with E-state index in [1.54, 1.807) is 18.2 Å². The average Bonchev–Trinajstić information content (AvgIpc) is 3.04. The molecule has 0 saturated heterocycles. The van der Waals surface area contributed by atoms with E-state index >= 15 is 0 Å². The molecular formula is C15H16ClNO5. The second-order valence-electron chi connectivity index (χ2n) is 5.35. The Kier molecular flexibility index (Phi) is 3.99. The summed E-state index contributed by atoms with van der Waals surface area (Å²) in [6.45, 7) is 0. The van der Waals surface area contributed by atoms with Gasteiger partial charge in [0.2, 0.25) is 0 Å². The number of carbonyl (C=O) groups excluding carboxylic acids is 1. The summed E-state index contributed by atoms with van der Waals surface area (Å²) < 4.78 is 10.7. The number of aliphatic hydroxyl groups is 2. The highest BCUT2D eigenvalue weighted by molar-refractivity contribution is 6.31. The molecule has 1 aromatic heterocycles. The summed E-state index contributed by atoms with van der Waals surface area (Å²) in [5.74, 6) is 0.0922. The zero-order valence-electron chi connectivity index (χ0n) is 11.9. The third-order valence-corrected chi connectivity index (χ3v) is 4.11. The predicted molar refractivity (Wildman–Crippen MR) is 80.3 cm³/mol. The van der Waals surface area contributed by atoms with Crippen LogP contribution in [0.1, 0.15) is 23.4 Å². The molecular weight excluding hydrogens is 310 g/mol. The van der Waals surface area contributed by atoms with Crippen LogP contribution < -0.4 is 10.1 Å². The Morgan fingerprint density at radius 2 is 2.14 bits per heavy atom. The van der Waals surface area contributed by atoms with Crippen molar-refractivity contribution in [2.24, 2.45) is 0 Å². The van der Waals surface area contributed by atoms with Crippen LogP contribution in [0.3, 0.4) is 0 Å². The Balaban J connectivity index is 1.85. The zero-order valence-corrected chi connectivity index (χ0v) is 12.6.